The summed E-state index contributed by atoms with van der Waals surface area (Å²) in [6, 6.07) is 7.72. The Balaban J connectivity index is 1.60. The molecule has 0 spiro atoms. The van der Waals surface area contributed by atoms with Crippen molar-refractivity contribution >= 4 is 17.7 Å². The third-order valence-corrected chi connectivity index (χ3v) is 4.74. The van der Waals surface area contributed by atoms with Gasteiger partial charge in [0.1, 0.15) is 5.82 Å². The van der Waals surface area contributed by atoms with Gasteiger partial charge in [-0.2, -0.15) is 0 Å². The molecule has 1 amide bonds. The first-order valence-corrected chi connectivity index (χ1v) is 8.27. The largest absolute Gasteiger partial charge is 0.465 e. The molecule has 0 atom stereocenters. The summed E-state index contributed by atoms with van der Waals surface area (Å²) < 4.78 is 0. The number of H-pyrrole nitrogens is 1. The fourth-order valence-electron chi connectivity index (χ4n) is 3.22. The van der Waals surface area contributed by atoms with Crippen LogP contribution in [0.25, 0.3) is 11.3 Å². The molecule has 0 radical (unpaired) electrons. The van der Waals surface area contributed by atoms with Crippen molar-refractivity contribution in [3.8, 4) is 11.3 Å². The van der Waals surface area contributed by atoms with Gasteiger partial charge in [-0.25, -0.2) is 9.78 Å². The van der Waals surface area contributed by atoms with Gasteiger partial charge in [-0.1, -0.05) is 23.7 Å². The number of imidazole rings is 1. The highest BCUT2D eigenvalue weighted by Gasteiger charge is 2.24. The maximum Gasteiger partial charge on any atom is 0.404 e. The quantitative estimate of drug-likeness (QED) is 0.781. The molecule has 1 heterocycles. The minimum atomic E-state index is -0.940. The second-order valence-corrected chi connectivity index (χ2v) is 6.53. The Hall–Kier alpha value is -2.01. The SMILES string of the molecule is O=C(O)NCC1CCC(c2ncc(-c3cccc(Cl)c3)[nH]2)CC1. The summed E-state index contributed by atoms with van der Waals surface area (Å²) >= 11 is 6.04. The van der Waals surface area contributed by atoms with E-state index in [-0.39, 0.29) is 0 Å². The van der Waals surface area contributed by atoms with Crippen LogP contribution in [0.5, 0.6) is 0 Å². The van der Waals surface area contributed by atoms with Crippen molar-refractivity contribution in [3.63, 3.8) is 0 Å². The Kier molecular flexibility index (Phi) is 4.86. The van der Waals surface area contributed by atoms with E-state index in [1.165, 1.54) is 0 Å². The monoisotopic (exact) mass is 333 g/mol. The highest BCUT2D eigenvalue weighted by molar-refractivity contribution is 6.30. The van der Waals surface area contributed by atoms with E-state index in [2.05, 4.69) is 15.3 Å². The lowest BCUT2D eigenvalue weighted by molar-refractivity contribution is 0.189. The number of benzene rings is 1. The number of aromatic amines is 1. The third-order valence-electron chi connectivity index (χ3n) is 4.51. The molecule has 0 bridgehead atoms. The summed E-state index contributed by atoms with van der Waals surface area (Å²) in [5, 5.41) is 11.9. The first-order valence-electron chi connectivity index (χ1n) is 7.89. The van der Waals surface area contributed by atoms with Crippen LogP contribution in [0.1, 0.15) is 37.4 Å². The van der Waals surface area contributed by atoms with E-state index in [0.717, 1.165) is 42.8 Å². The minimum absolute atomic E-state index is 0.420. The van der Waals surface area contributed by atoms with Crippen LogP contribution < -0.4 is 5.32 Å². The fraction of sp³-hybridized carbons (Fsp3) is 0.412. The lowest BCUT2D eigenvalue weighted by atomic mass is 9.81. The molecule has 0 saturated heterocycles. The number of carboxylic acid groups (broad SMARTS) is 1. The molecule has 0 unspecified atom stereocenters. The van der Waals surface area contributed by atoms with Crippen LogP contribution >= 0.6 is 11.6 Å². The number of nitrogens with one attached hydrogen (secondary N) is 2. The molecule has 3 N–H and O–H groups in total. The molecule has 1 fully saturated rings. The molecule has 1 aromatic heterocycles. The normalized spacial score (nSPS) is 21.1. The van der Waals surface area contributed by atoms with E-state index in [0.29, 0.717) is 23.4 Å². The Morgan fingerprint density at radius 2 is 2.13 bits per heavy atom. The van der Waals surface area contributed by atoms with E-state index >= 15 is 0 Å². The van der Waals surface area contributed by atoms with Crippen LogP contribution in [0.2, 0.25) is 5.02 Å². The van der Waals surface area contributed by atoms with Gasteiger partial charge in [0.05, 0.1) is 11.9 Å². The number of carbonyl (C=O) groups is 1. The third kappa shape index (κ3) is 4.05. The Morgan fingerprint density at radius 3 is 2.83 bits per heavy atom. The van der Waals surface area contributed by atoms with Crippen molar-refractivity contribution in [2.75, 3.05) is 6.54 Å². The fourth-order valence-corrected chi connectivity index (χ4v) is 3.41. The molecule has 5 nitrogen and oxygen atoms in total. The average molecular weight is 334 g/mol. The number of halogens is 1. The molecule has 23 heavy (non-hydrogen) atoms. The summed E-state index contributed by atoms with van der Waals surface area (Å²) in [6.45, 7) is 0.550. The highest BCUT2D eigenvalue weighted by atomic mass is 35.5. The van der Waals surface area contributed by atoms with E-state index in [1.54, 1.807) is 0 Å². The van der Waals surface area contributed by atoms with Gasteiger partial charge in [0.2, 0.25) is 0 Å². The maximum atomic E-state index is 10.6. The lowest BCUT2D eigenvalue weighted by Crippen LogP contribution is -2.29. The molecular formula is C17H20ClN3O2. The van der Waals surface area contributed by atoms with Gasteiger partial charge in [0, 0.05) is 23.0 Å². The number of hydrogen-bond acceptors (Lipinski definition) is 2. The van der Waals surface area contributed by atoms with E-state index in [9.17, 15) is 4.79 Å². The van der Waals surface area contributed by atoms with Gasteiger partial charge in [-0.3, -0.25) is 0 Å². The molecule has 2 aromatic rings. The zero-order valence-electron chi connectivity index (χ0n) is 12.8. The molecular weight excluding hydrogens is 314 g/mol. The van der Waals surface area contributed by atoms with Crippen LogP contribution in [-0.2, 0) is 0 Å². The van der Waals surface area contributed by atoms with Gasteiger partial charge < -0.3 is 15.4 Å². The van der Waals surface area contributed by atoms with Crippen molar-refractivity contribution in [3.05, 3.63) is 41.3 Å². The Bertz CT molecular complexity index is 678. The summed E-state index contributed by atoms with van der Waals surface area (Å²) in [5.74, 6) is 1.87. The van der Waals surface area contributed by atoms with Crippen LogP contribution in [0.15, 0.2) is 30.5 Å². The molecule has 3 rings (SSSR count). The molecule has 1 aromatic carbocycles. The van der Waals surface area contributed by atoms with Crippen molar-refractivity contribution in [1.29, 1.82) is 0 Å². The van der Waals surface area contributed by atoms with Gasteiger partial charge >= 0.3 is 6.09 Å². The van der Waals surface area contributed by atoms with E-state index < -0.39 is 6.09 Å². The highest BCUT2D eigenvalue weighted by Crippen LogP contribution is 2.35. The van der Waals surface area contributed by atoms with Crippen molar-refractivity contribution in [2.45, 2.75) is 31.6 Å². The number of aromatic nitrogens is 2. The Labute approximate surface area is 140 Å². The van der Waals surface area contributed by atoms with Crippen LogP contribution in [0.4, 0.5) is 4.79 Å². The van der Waals surface area contributed by atoms with Crippen LogP contribution in [0.3, 0.4) is 0 Å². The van der Waals surface area contributed by atoms with Gasteiger partial charge in [-0.15, -0.1) is 0 Å². The second kappa shape index (κ2) is 7.04. The van der Waals surface area contributed by atoms with Crippen LogP contribution in [0, 0.1) is 5.92 Å². The van der Waals surface area contributed by atoms with E-state index in [4.69, 9.17) is 16.7 Å². The zero-order chi connectivity index (χ0) is 16.2. The predicted octanol–water partition coefficient (Wildman–Crippen LogP) is 4.27. The summed E-state index contributed by atoms with van der Waals surface area (Å²) in [7, 11) is 0. The van der Waals surface area contributed by atoms with E-state index in [1.807, 2.05) is 30.5 Å². The average Bonchev–Trinajstić information content (AvgIpc) is 3.03. The lowest BCUT2D eigenvalue weighted by Gasteiger charge is -2.27. The summed E-state index contributed by atoms with van der Waals surface area (Å²) in [5.41, 5.74) is 2.02. The summed E-state index contributed by atoms with van der Waals surface area (Å²) in [6.07, 6.45) is 5.04. The topological polar surface area (TPSA) is 78.0 Å². The number of amides is 1. The molecule has 1 aliphatic carbocycles. The molecule has 1 saturated carbocycles. The van der Waals surface area contributed by atoms with Gasteiger partial charge in [0.15, 0.2) is 0 Å². The predicted molar refractivity (Wildman–Crippen MR) is 89.8 cm³/mol. The maximum absolute atomic E-state index is 10.6. The van der Waals surface area contributed by atoms with Crippen molar-refractivity contribution in [1.82, 2.24) is 15.3 Å². The van der Waals surface area contributed by atoms with Gasteiger partial charge in [0.25, 0.3) is 0 Å². The standard InChI is InChI=1S/C17H20ClN3O2/c18-14-3-1-2-13(8-14)15-10-19-16(21-15)12-6-4-11(5-7-12)9-20-17(22)23/h1-3,8,10-12,20H,4-7,9H2,(H,19,21)(H,22,23). The minimum Gasteiger partial charge on any atom is -0.465 e. The first-order chi connectivity index (χ1) is 11.1. The second-order valence-electron chi connectivity index (χ2n) is 6.10. The molecule has 1 aliphatic rings. The molecule has 0 aliphatic heterocycles. The molecule has 122 valence electrons. The number of rotatable bonds is 4. The van der Waals surface area contributed by atoms with Gasteiger partial charge in [-0.05, 0) is 43.7 Å². The molecule has 6 heteroatoms. The number of hydrogen-bond donors (Lipinski definition) is 3. The van der Waals surface area contributed by atoms with Crippen LogP contribution in [-0.4, -0.2) is 27.7 Å². The zero-order valence-corrected chi connectivity index (χ0v) is 13.5. The van der Waals surface area contributed by atoms with Crippen molar-refractivity contribution < 1.29 is 9.90 Å². The smallest absolute Gasteiger partial charge is 0.404 e. The first kappa shape index (κ1) is 15.9. The number of nitrogens with zero attached hydrogens (tertiary/aromatic N) is 1. The summed E-state index contributed by atoms with van der Waals surface area (Å²) in [4.78, 5) is 18.5. The van der Waals surface area contributed by atoms with Crippen molar-refractivity contribution in [2.24, 2.45) is 5.92 Å². The Morgan fingerprint density at radius 1 is 1.35 bits per heavy atom.